The molecule has 0 spiro atoms. The number of aliphatic carboxylic acids is 1. The largest absolute Gasteiger partial charge is 0.497 e. The molecule has 0 radical (unpaired) electrons. The van der Waals surface area contributed by atoms with Crippen molar-refractivity contribution >= 4 is 23.8 Å². The molecule has 2 N–H and O–H groups in total. The molecule has 0 aromatic heterocycles. The lowest BCUT2D eigenvalue weighted by Crippen LogP contribution is -2.58. The number of ether oxygens (including phenoxy) is 2. The maximum atomic E-state index is 13.0. The number of hydrogen-bond acceptors (Lipinski definition) is 6. The molecule has 1 aromatic rings. The summed E-state index contributed by atoms with van der Waals surface area (Å²) in [5, 5.41) is 13.1. The normalized spacial score (nSPS) is 20.6. The minimum absolute atomic E-state index is 0.179. The number of carboxylic acid groups (broad SMARTS) is 1. The van der Waals surface area contributed by atoms with Gasteiger partial charge in [0.1, 0.15) is 17.4 Å². The number of nitrogens with one attached hydrogen (secondary N) is 1. The Morgan fingerprint density at radius 3 is 2.38 bits per heavy atom. The summed E-state index contributed by atoms with van der Waals surface area (Å²) in [6, 6.07) is 6.52. The van der Waals surface area contributed by atoms with Crippen LogP contribution in [0.1, 0.15) is 46.6 Å². The number of methoxy groups -OCH3 is 1. The van der Waals surface area contributed by atoms with E-state index >= 15 is 0 Å². The van der Waals surface area contributed by atoms with Gasteiger partial charge in [-0.05, 0) is 45.2 Å². The molecule has 29 heavy (non-hydrogen) atoms. The average Bonchev–Trinajstić information content (AvgIpc) is 3.04. The monoisotopic (exact) mass is 424 g/mol. The van der Waals surface area contributed by atoms with Gasteiger partial charge in [-0.15, -0.1) is 11.8 Å². The Kier molecular flexibility index (Phi) is 7.45. The van der Waals surface area contributed by atoms with Crippen LogP contribution in [0, 0.1) is 5.92 Å². The first kappa shape index (κ1) is 23.3. The molecular weight excluding hydrogens is 392 g/mol. The number of hydrogen-bond donors (Lipinski definition) is 2. The van der Waals surface area contributed by atoms with E-state index in [9.17, 15) is 14.7 Å². The van der Waals surface area contributed by atoms with Gasteiger partial charge in [-0.2, -0.15) is 0 Å². The summed E-state index contributed by atoms with van der Waals surface area (Å²) in [4.78, 5) is 25.6. The van der Waals surface area contributed by atoms with Crippen LogP contribution in [0.3, 0.4) is 0 Å². The summed E-state index contributed by atoms with van der Waals surface area (Å²) in [5.74, 6) is 0.584. The van der Waals surface area contributed by atoms with Crippen LogP contribution in [0.15, 0.2) is 24.3 Å². The molecule has 1 aliphatic rings. The van der Waals surface area contributed by atoms with Crippen molar-refractivity contribution in [2.75, 3.05) is 19.4 Å². The highest BCUT2D eigenvalue weighted by Gasteiger charge is 2.49. The van der Waals surface area contributed by atoms with E-state index in [4.69, 9.17) is 9.47 Å². The summed E-state index contributed by atoms with van der Waals surface area (Å²) < 4.78 is 10.9. The lowest BCUT2D eigenvalue weighted by atomic mass is 10.0. The van der Waals surface area contributed by atoms with Crippen LogP contribution in [0.25, 0.3) is 0 Å². The van der Waals surface area contributed by atoms with Crippen LogP contribution in [-0.2, 0) is 14.5 Å². The molecule has 0 saturated carbocycles. The molecule has 1 aromatic carbocycles. The first-order chi connectivity index (χ1) is 13.5. The van der Waals surface area contributed by atoms with Crippen molar-refractivity contribution in [1.29, 1.82) is 0 Å². The van der Waals surface area contributed by atoms with Crippen LogP contribution >= 0.6 is 11.8 Å². The topological polar surface area (TPSA) is 88.1 Å². The van der Waals surface area contributed by atoms with Crippen LogP contribution in [-0.4, -0.2) is 53.1 Å². The van der Waals surface area contributed by atoms with Gasteiger partial charge in [-0.1, -0.05) is 26.0 Å². The van der Waals surface area contributed by atoms with E-state index in [2.05, 4.69) is 5.32 Å². The molecule has 1 fully saturated rings. The Hall–Kier alpha value is -1.93. The Morgan fingerprint density at radius 1 is 1.28 bits per heavy atom. The third kappa shape index (κ3) is 5.79. The Bertz CT molecular complexity index is 717. The minimum atomic E-state index is -1.04. The van der Waals surface area contributed by atoms with Crippen molar-refractivity contribution in [1.82, 2.24) is 10.2 Å². The lowest BCUT2D eigenvalue weighted by molar-refractivity contribution is -0.140. The number of nitrogens with zero attached hydrogens (tertiary/aromatic N) is 1. The van der Waals surface area contributed by atoms with Crippen LogP contribution in [0.4, 0.5) is 4.79 Å². The van der Waals surface area contributed by atoms with E-state index in [-0.39, 0.29) is 5.92 Å². The number of carbonyl (C=O) groups is 2. The molecule has 1 amide bonds. The predicted molar refractivity (Wildman–Crippen MR) is 114 cm³/mol. The fraction of sp³-hybridized carbons (Fsp3) is 0.619. The van der Waals surface area contributed by atoms with Crippen molar-refractivity contribution in [2.45, 2.75) is 57.7 Å². The van der Waals surface area contributed by atoms with Gasteiger partial charge in [-0.3, -0.25) is 15.0 Å². The zero-order valence-electron chi connectivity index (χ0n) is 18.0. The van der Waals surface area contributed by atoms with Gasteiger partial charge in [0.2, 0.25) is 0 Å². The minimum Gasteiger partial charge on any atom is -0.497 e. The van der Waals surface area contributed by atoms with Crippen molar-refractivity contribution in [2.24, 2.45) is 5.92 Å². The van der Waals surface area contributed by atoms with Gasteiger partial charge in [-0.25, -0.2) is 4.79 Å². The summed E-state index contributed by atoms with van der Waals surface area (Å²) in [7, 11) is 1.59. The maximum absolute atomic E-state index is 13.0. The number of amides is 1. The van der Waals surface area contributed by atoms with E-state index < -0.39 is 28.7 Å². The van der Waals surface area contributed by atoms with Gasteiger partial charge in [0, 0.05) is 17.9 Å². The van der Waals surface area contributed by atoms with Crippen LogP contribution < -0.4 is 10.1 Å². The van der Waals surface area contributed by atoms with Gasteiger partial charge >= 0.3 is 12.1 Å². The van der Waals surface area contributed by atoms with Crippen molar-refractivity contribution in [3.05, 3.63) is 29.8 Å². The van der Waals surface area contributed by atoms with E-state index in [0.29, 0.717) is 24.5 Å². The molecule has 8 heteroatoms. The molecule has 2 atom stereocenters. The Morgan fingerprint density at radius 2 is 1.90 bits per heavy atom. The smallest absolute Gasteiger partial charge is 0.412 e. The molecule has 2 rings (SSSR count). The highest BCUT2D eigenvalue weighted by Crippen LogP contribution is 2.44. The fourth-order valence-corrected chi connectivity index (χ4v) is 4.66. The maximum Gasteiger partial charge on any atom is 0.412 e. The van der Waals surface area contributed by atoms with Crippen LogP contribution in [0.2, 0.25) is 0 Å². The molecule has 1 aliphatic heterocycles. The van der Waals surface area contributed by atoms with Gasteiger partial charge < -0.3 is 14.6 Å². The lowest BCUT2D eigenvalue weighted by Gasteiger charge is -2.41. The molecule has 1 saturated heterocycles. The average molecular weight is 425 g/mol. The summed E-state index contributed by atoms with van der Waals surface area (Å²) in [5.41, 5.74) is 0.127. The van der Waals surface area contributed by atoms with Crippen molar-refractivity contribution in [3.63, 3.8) is 0 Å². The predicted octanol–water partition coefficient (Wildman–Crippen LogP) is 3.88. The summed E-state index contributed by atoms with van der Waals surface area (Å²) in [6.45, 7) is 9.85. The quantitative estimate of drug-likeness (QED) is 0.687. The number of carbonyl (C=O) groups excluding carboxylic acids is 1. The second-order valence-corrected chi connectivity index (χ2v) is 9.81. The van der Waals surface area contributed by atoms with E-state index in [0.717, 1.165) is 5.56 Å². The second-order valence-electron chi connectivity index (χ2n) is 8.52. The molecule has 0 aliphatic carbocycles. The van der Waals surface area contributed by atoms with Crippen molar-refractivity contribution < 1.29 is 24.2 Å². The molecule has 7 nitrogen and oxygen atoms in total. The van der Waals surface area contributed by atoms with E-state index in [1.165, 1.54) is 11.8 Å². The third-order valence-electron chi connectivity index (χ3n) is 4.48. The molecule has 162 valence electrons. The Balaban J connectivity index is 2.48. The zero-order valence-corrected chi connectivity index (χ0v) is 18.8. The first-order valence-electron chi connectivity index (χ1n) is 9.78. The SMILES string of the molecule is COc1ccc(C2(N[C@@H](CC(C)C)C(=O)O)SCCN2C(=O)OC(C)(C)C)cc1. The number of thioether (sulfide) groups is 1. The van der Waals surface area contributed by atoms with Gasteiger partial charge in [0.25, 0.3) is 0 Å². The highest BCUT2D eigenvalue weighted by molar-refractivity contribution is 8.00. The Labute approximate surface area is 177 Å². The molecule has 1 unspecified atom stereocenters. The molecule has 0 bridgehead atoms. The second kappa shape index (κ2) is 9.26. The van der Waals surface area contributed by atoms with E-state index in [1.807, 2.05) is 58.9 Å². The van der Waals surface area contributed by atoms with Gasteiger partial charge in [0.15, 0.2) is 4.99 Å². The number of benzene rings is 1. The van der Waals surface area contributed by atoms with Gasteiger partial charge in [0.05, 0.1) is 7.11 Å². The summed E-state index contributed by atoms with van der Waals surface area (Å²) in [6.07, 6.45) is -0.0322. The first-order valence-corrected chi connectivity index (χ1v) is 10.8. The zero-order chi connectivity index (χ0) is 21.8. The molecular formula is C21H32N2O5S. The van der Waals surface area contributed by atoms with Crippen LogP contribution in [0.5, 0.6) is 5.75 Å². The highest BCUT2D eigenvalue weighted by atomic mass is 32.2. The number of carboxylic acids is 1. The number of rotatable bonds is 7. The van der Waals surface area contributed by atoms with Crippen molar-refractivity contribution in [3.8, 4) is 5.75 Å². The standard InChI is InChI=1S/C21H32N2O5S/c1-14(2)13-17(18(24)25)22-21(15-7-9-16(27-6)10-8-15)23(11-12-29-21)19(26)28-20(3,4)5/h7-10,14,17,22H,11-13H2,1-6H3,(H,24,25)/t17-,21?/m0/s1. The van der Waals surface area contributed by atoms with E-state index in [1.54, 1.807) is 12.0 Å². The third-order valence-corrected chi connectivity index (χ3v) is 5.85. The fourth-order valence-electron chi connectivity index (χ4n) is 3.24. The molecule has 1 heterocycles. The summed E-state index contributed by atoms with van der Waals surface area (Å²) >= 11 is 1.50.